The zero-order chi connectivity index (χ0) is 12.7. The van der Waals surface area contributed by atoms with E-state index in [9.17, 15) is 0 Å². The highest BCUT2D eigenvalue weighted by molar-refractivity contribution is 7.10. The highest BCUT2D eigenvalue weighted by Gasteiger charge is 2.56. The summed E-state index contributed by atoms with van der Waals surface area (Å²) in [4.78, 5) is 2.60. The fraction of sp³-hybridized carbons (Fsp3) is 1.00. The third-order valence-electron chi connectivity index (χ3n) is 3.57. The topological polar surface area (TPSA) is 3.24 Å². The Kier molecular flexibility index (Phi) is 4.65. The first kappa shape index (κ1) is 15.6. The van der Waals surface area contributed by atoms with Crippen molar-refractivity contribution in [2.24, 2.45) is 0 Å². The van der Waals surface area contributed by atoms with Crippen LogP contribution in [0.4, 0.5) is 0 Å². The van der Waals surface area contributed by atoms with Gasteiger partial charge in [0.15, 0.2) is 0 Å². The largest absolute Gasteiger partial charge is 0.312 e. The van der Waals surface area contributed by atoms with Crippen LogP contribution in [0, 0.1) is 0 Å². The normalized spacial score (nSPS) is 15.2. The van der Waals surface area contributed by atoms with Gasteiger partial charge >= 0.3 is 0 Å². The Hall–Kier alpha value is 0.611. The van der Waals surface area contributed by atoms with E-state index in [-0.39, 0.29) is 8.80 Å². The van der Waals surface area contributed by atoms with Gasteiger partial charge in [0.1, 0.15) is 0 Å². The zero-order valence-corrected chi connectivity index (χ0v) is 15.4. The predicted octanol–water partition coefficient (Wildman–Crippen LogP) is 3.34. The number of hydrogen-bond acceptors (Lipinski definition) is 1. The summed E-state index contributed by atoms with van der Waals surface area (Å²) in [7, 11) is 2.00. The molecule has 0 aromatic rings. The Morgan fingerprint density at radius 3 is 1.07 bits per heavy atom. The fourth-order valence-electron chi connectivity index (χ4n) is 4.41. The summed E-state index contributed by atoms with van der Waals surface area (Å²) in [6.07, 6.45) is 0. The van der Waals surface area contributed by atoms with Crippen LogP contribution in [-0.2, 0) is 0 Å². The molecule has 0 fully saturated rings. The van der Waals surface area contributed by atoms with E-state index in [0.717, 1.165) is 0 Å². The molecule has 0 saturated carbocycles. The van der Waals surface area contributed by atoms with E-state index in [2.05, 4.69) is 71.4 Å². The molecule has 0 rings (SSSR count). The maximum Gasteiger partial charge on any atom is 0.0603 e. The summed E-state index contributed by atoms with van der Waals surface area (Å²) in [5.41, 5.74) is 0. The third kappa shape index (κ3) is 2.48. The molecule has 0 aliphatic carbocycles. The van der Waals surface area contributed by atoms with Crippen molar-refractivity contribution in [3.8, 4) is 0 Å². The SMILES string of the molecule is CN(C)C([Si](C)C)([Si](C)(C)C)[Si](C)(C)C. The van der Waals surface area contributed by atoms with E-state index in [1.54, 1.807) is 0 Å². The molecule has 0 unspecified atom stereocenters. The van der Waals surface area contributed by atoms with Crippen LogP contribution in [0.1, 0.15) is 0 Å². The van der Waals surface area contributed by atoms with Gasteiger partial charge in [-0.05, 0) is 14.1 Å². The van der Waals surface area contributed by atoms with Gasteiger partial charge in [0.25, 0.3) is 0 Å². The second kappa shape index (κ2) is 4.47. The van der Waals surface area contributed by atoms with E-state index in [1.165, 1.54) is 0 Å². The van der Waals surface area contributed by atoms with Crippen LogP contribution < -0.4 is 0 Å². The average molecular weight is 261 g/mol. The van der Waals surface area contributed by atoms with E-state index < -0.39 is 16.1 Å². The quantitative estimate of drug-likeness (QED) is 0.701. The molecule has 0 aliphatic heterocycles. The van der Waals surface area contributed by atoms with Crippen molar-refractivity contribution < 1.29 is 0 Å². The molecule has 0 heterocycles. The average Bonchev–Trinajstić information content (AvgIpc) is 1.75. The lowest BCUT2D eigenvalue weighted by molar-refractivity contribution is 0.384. The molecule has 0 bridgehead atoms. The van der Waals surface area contributed by atoms with Crippen molar-refractivity contribution in [3.05, 3.63) is 0 Å². The van der Waals surface area contributed by atoms with Gasteiger partial charge in [0.05, 0.1) is 24.9 Å². The molecule has 0 N–H and O–H groups in total. The van der Waals surface area contributed by atoms with Crippen molar-refractivity contribution in [2.45, 2.75) is 56.8 Å². The monoisotopic (exact) mass is 260 g/mol. The predicted molar refractivity (Wildman–Crippen MR) is 80.6 cm³/mol. The second-order valence-electron chi connectivity index (χ2n) is 7.10. The summed E-state index contributed by atoms with van der Waals surface area (Å²) in [6, 6.07) is 0. The van der Waals surface area contributed by atoms with Gasteiger partial charge in [-0.3, -0.25) is 0 Å². The summed E-state index contributed by atoms with van der Waals surface area (Å²) < 4.78 is 0.588. The lowest BCUT2D eigenvalue weighted by atomic mass is 11.0. The molecule has 0 atom stereocenters. The van der Waals surface area contributed by atoms with E-state index in [4.69, 9.17) is 0 Å². The van der Waals surface area contributed by atoms with E-state index in [0.29, 0.717) is 4.41 Å². The highest BCUT2D eigenvalue weighted by atomic mass is 28.4. The Morgan fingerprint density at radius 1 is 0.800 bits per heavy atom. The summed E-state index contributed by atoms with van der Waals surface area (Å²) in [5.74, 6) is 0. The smallest absolute Gasteiger partial charge is 0.0603 e. The minimum absolute atomic E-state index is 0.297. The number of nitrogens with zero attached hydrogens (tertiary/aromatic N) is 1. The lowest BCUT2D eigenvalue weighted by Gasteiger charge is -2.58. The molecule has 0 aromatic heterocycles. The number of hydrogen-bond donors (Lipinski definition) is 0. The molecule has 0 aromatic carbocycles. The van der Waals surface area contributed by atoms with Gasteiger partial charge in [-0.1, -0.05) is 52.4 Å². The van der Waals surface area contributed by atoms with Crippen LogP contribution in [0.25, 0.3) is 0 Å². The Bertz CT molecular complexity index is 187. The molecule has 0 amide bonds. The Balaban J connectivity index is 5.73. The van der Waals surface area contributed by atoms with Gasteiger partial charge in [0, 0.05) is 4.41 Å². The molecule has 1 radical (unpaired) electrons. The first-order valence-corrected chi connectivity index (χ1v) is 15.4. The summed E-state index contributed by atoms with van der Waals surface area (Å²) in [5, 5.41) is 0. The second-order valence-corrected chi connectivity index (χ2v) is 21.8. The molecule has 15 heavy (non-hydrogen) atoms. The van der Waals surface area contributed by atoms with Crippen LogP contribution >= 0.6 is 0 Å². The molecule has 91 valence electrons. The summed E-state index contributed by atoms with van der Waals surface area (Å²) >= 11 is 0. The first-order chi connectivity index (χ1) is 6.39. The van der Waals surface area contributed by atoms with E-state index in [1.807, 2.05) is 0 Å². The van der Waals surface area contributed by atoms with Gasteiger partial charge in [-0.15, -0.1) is 0 Å². The standard InChI is InChI=1S/C11H30NSi3/c1-12(2)11(13(3)4,14(5,6)7)15(8,9)10/h1-10H3. The fourth-order valence-corrected chi connectivity index (χ4v) is 29.0. The molecule has 0 saturated heterocycles. The minimum Gasteiger partial charge on any atom is -0.312 e. The van der Waals surface area contributed by atoms with Gasteiger partial charge < -0.3 is 4.90 Å². The molecular formula is C11H30NSi3. The number of rotatable bonds is 4. The molecule has 0 aliphatic rings. The lowest BCUT2D eigenvalue weighted by Crippen LogP contribution is -2.79. The van der Waals surface area contributed by atoms with Crippen molar-refractivity contribution in [2.75, 3.05) is 14.1 Å². The van der Waals surface area contributed by atoms with Gasteiger partial charge in [-0.25, -0.2) is 0 Å². The third-order valence-corrected chi connectivity index (χ3v) is 22.7. The van der Waals surface area contributed by atoms with Crippen LogP contribution in [0.15, 0.2) is 0 Å². The first-order valence-electron chi connectivity index (χ1n) is 5.87. The molecule has 4 heteroatoms. The Labute approximate surface area is 101 Å². The van der Waals surface area contributed by atoms with E-state index >= 15 is 0 Å². The Morgan fingerprint density at radius 2 is 1.07 bits per heavy atom. The molecule has 1 nitrogen and oxygen atoms in total. The maximum absolute atomic E-state index is 2.60. The van der Waals surface area contributed by atoms with Crippen LogP contribution in [0.2, 0.25) is 52.4 Å². The van der Waals surface area contributed by atoms with Gasteiger partial charge in [-0.2, -0.15) is 0 Å². The van der Waals surface area contributed by atoms with Gasteiger partial charge in [0.2, 0.25) is 0 Å². The van der Waals surface area contributed by atoms with Crippen LogP contribution in [0.5, 0.6) is 0 Å². The molecular weight excluding hydrogens is 230 g/mol. The van der Waals surface area contributed by atoms with Crippen molar-refractivity contribution in [1.82, 2.24) is 4.90 Å². The van der Waals surface area contributed by atoms with Crippen LogP contribution in [-0.4, -0.2) is 48.3 Å². The summed E-state index contributed by atoms with van der Waals surface area (Å²) in [6.45, 7) is 20.4. The maximum atomic E-state index is 2.60. The van der Waals surface area contributed by atoms with Crippen molar-refractivity contribution >= 4 is 24.9 Å². The van der Waals surface area contributed by atoms with Crippen molar-refractivity contribution in [1.29, 1.82) is 0 Å². The van der Waals surface area contributed by atoms with Crippen LogP contribution in [0.3, 0.4) is 0 Å². The molecule has 0 spiro atoms. The zero-order valence-electron chi connectivity index (χ0n) is 12.4. The highest BCUT2D eigenvalue weighted by Crippen LogP contribution is 2.37. The van der Waals surface area contributed by atoms with Crippen molar-refractivity contribution in [3.63, 3.8) is 0 Å². The minimum atomic E-state index is -1.17.